The molecular weight excluding hydrogens is 351 g/mol. The van der Waals surface area contributed by atoms with Gasteiger partial charge in [0.1, 0.15) is 0 Å². The van der Waals surface area contributed by atoms with Crippen molar-refractivity contribution in [3.63, 3.8) is 0 Å². The Hall–Kier alpha value is -0.860. The first-order chi connectivity index (χ1) is 12.3. The minimum Gasteiger partial charge on any atom is -0.475 e. The summed E-state index contributed by atoms with van der Waals surface area (Å²) in [5, 5.41) is 7.12. The van der Waals surface area contributed by atoms with Crippen LogP contribution in [0.1, 0.15) is 44.9 Å². The number of likely N-dealkylation sites (tertiary alicyclic amines) is 1. The van der Waals surface area contributed by atoms with Gasteiger partial charge >= 0.3 is 12.1 Å². The van der Waals surface area contributed by atoms with Gasteiger partial charge in [-0.15, -0.1) is 0 Å². The van der Waals surface area contributed by atoms with Crippen LogP contribution in [0, 0.1) is 11.3 Å². The topological polar surface area (TPSA) is 59.0 Å². The maximum absolute atomic E-state index is 10.6. The molecular formula is C18H28F3NO4. The van der Waals surface area contributed by atoms with Crippen molar-refractivity contribution < 1.29 is 32.5 Å². The van der Waals surface area contributed by atoms with E-state index in [4.69, 9.17) is 19.4 Å². The van der Waals surface area contributed by atoms with Gasteiger partial charge in [0.2, 0.25) is 0 Å². The van der Waals surface area contributed by atoms with Crippen molar-refractivity contribution in [2.75, 3.05) is 32.9 Å². The molecule has 0 unspecified atom stereocenters. The van der Waals surface area contributed by atoms with E-state index in [0.717, 1.165) is 31.8 Å². The van der Waals surface area contributed by atoms with Crippen molar-refractivity contribution in [3.8, 4) is 0 Å². The lowest BCUT2D eigenvalue weighted by Gasteiger charge is -2.48. The van der Waals surface area contributed by atoms with Crippen LogP contribution < -0.4 is 0 Å². The van der Waals surface area contributed by atoms with Crippen LogP contribution in [-0.2, 0) is 14.3 Å². The second kappa shape index (κ2) is 8.02. The van der Waals surface area contributed by atoms with Gasteiger partial charge in [-0.05, 0) is 44.4 Å². The third-order valence-corrected chi connectivity index (χ3v) is 6.07. The number of aliphatic carboxylic acids is 1. The molecule has 1 N–H and O–H groups in total. The summed E-state index contributed by atoms with van der Waals surface area (Å²) < 4.78 is 43.8. The second-order valence-electron chi connectivity index (χ2n) is 8.08. The quantitative estimate of drug-likeness (QED) is 0.796. The van der Waals surface area contributed by atoms with Gasteiger partial charge in [-0.2, -0.15) is 13.2 Å². The number of carboxylic acid groups (broad SMARTS) is 1. The van der Waals surface area contributed by atoms with Gasteiger partial charge in [0.15, 0.2) is 0 Å². The Bertz CT molecular complexity index is 493. The normalized spacial score (nSPS) is 32.3. The first-order valence-corrected chi connectivity index (χ1v) is 9.54. The van der Waals surface area contributed by atoms with Crippen LogP contribution in [0.5, 0.6) is 0 Å². The van der Waals surface area contributed by atoms with Crippen molar-refractivity contribution >= 4 is 5.97 Å². The summed E-state index contributed by atoms with van der Waals surface area (Å²) >= 11 is 0. The van der Waals surface area contributed by atoms with Gasteiger partial charge in [0.05, 0.1) is 12.7 Å². The van der Waals surface area contributed by atoms with Crippen LogP contribution in [0.2, 0.25) is 0 Å². The minimum atomic E-state index is -5.08. The predicted molar refractivity (Wildman–Crippen MR) is 87.9 cm³/mol. The Morgan fingerprint density at radius 3 is 2.46 bits per heavy atom. The van der Waals surface area contributed by atoms with E-state index in [0.29, 0.717) is 11.5 Å². The summed E-state index contributed by atoms with van der Waals surface area (Å²) in [7, 11) is 0. The first kappa shape index (κ1) is 19.9. The fraction of sp³-hybridized carbons (Fsp3) is 0.944. The van der Waals surface area contributed by atoms with E-state index in [1.54, 1.807) is 0 Å². The molecule has 2 heterocycles. The highest BCUT2D eigenvalue weighted by Gasteiger charge is 2.49. The van der Waals surface area contributed by atoms with E-state index in [-0.39, 0.29) is 0 Å². The Balaban J connectivity index is 0.000000242. The van der Waals surface area contributed by atoms with Gasteiger partial charge in [-0.1, -0.05) is 6.42 Å². The zero-order chi connectivity index (χ0) is 18.8. The fourth-order valence-electron chi connectivity index (χ4n) is 4.07. The number of hydrogen-bond acceptors (Lipinski definition) is 4. The number of halogens is 3. The number of fused-ring (bicyclic) bond motifs is 1. The molecule has 150 valence electrons. The van der Waals surface area contributed by atoms with Crippen molar-refractivity contribution in [3.05, 3.63) is 0 Å². The predicted octanol–water partition coefficient (Wildman–Crippen LogP) is 3.08. The molecule has 4 aliphatic rings. The van der Waals surface area contributed by atoms with Crippen LogP contribution in [0.25, 0.3) is 0 Å². The molecule has 4 fully saturated rings. The number of carbonyl (C=O) groups is 1. The van der Waals surface area contributed by atoms with Gasteiger partial charge in [0.25, 0.3) is 0 Å². The van der Waals surface area contributed by atoms with Gasteiger partial charge in [0, 0.05) is 37.8 Å². The van der Waals surface area contributed by atoms with Crippen LogP contribution in [0.4, 0.5) is 13.2 Å². The summed E-state index contributed by atoms with van der Waals surface area (Å²) in [4.78, 5) is 11.6. The molecule has 0 radical (unpaired) electrons. The SMILES string of the molecule is C1CC(N2CC[C@H]3OCC[C@@]3(COCC3CC3)C2)C1.O=C(O)C(F)(F)F. The van der Waals surface area contributed by atoms with Gasteiger partial charge in [-0.25, -0.2) is 4.79 Å². The molecule has 0 bridgehead atoms. The number of hydrogen-bond donors (Lipinski definition) is 1. The number of piperidine rings is 1. The van der Waals surface area contributed by atoms with Crippen molar-refractivity contribution in [2.24, 2.45) is 11.3 Å². The zero-order valence-electron chi connectivity index (χ0n) is 15.0. The smallest absolute Gasteiger partial charge is 0.475 e. The Morgan fingerprint density at radius 2 is 1.92 bits per heavy atom. The summed E-state index contributed by atoms with van der Waals surface area (Å²) in [6.07, 6.45) is 4.89. The highest BCUT2D eigenvalue weighted by Crippen LogP contribution is 2.43. The maximum atomic E-state index is 10.6. The van der Waals surface area contributed by atoms with E-state index in [9.17, 15) is 13.2 Å². The molecule has 2 aliphatic carbocycles. The molecule has 2 aliphatic heterocycles. The third-order valence-electron chi connectivity index (χ3n) is 6.07. The molecule has 0 aromatic carbocycles. The largest absolute Gasteiger partial charge is 0.490 e. The van der Waals surface area contributed by atoms with Crippen LogP contribution in [0.3, 0.4) is 0 Å². The lowest BCUT2D eigenvalue weighted by Crippen LogP contribution is -2.56. The van der Waals surface area contributed by atoms with Crippen molar-refractivity contribution in [2.45, 2.75) is 63.3 Å². The molecule has 8 heteroatoms. The summed E-state index contributed by atoms with van der Waals surface area (Å²) in [5.41, 5.74) is 0.322. The number of alkyl halides is 3. The average molecular weight is 379 g/mol. The molecule has 0 amide bonds. The van der Waals surface area contributed by atoms with E-state index >= 15 is 0 Å². The number of rotatable bonds is 5. The Labute approximate surface area is 151 Å². The molecule has 26 heavy (non-hydrogen) atoms. The number of carboxylic acids is 1. The minimum absolute atomic E-state index is 0.322. The monoisotopic (exact) mass is 379 g/mol. The Kier molecular flexibility index (Phi) is 6.14. The molecule has 4 rings (SSSR count). The molecule has 2 saturated carbocycles. The molecule has 0 aromatic rings. The van der Waals surface area contributed by atoms with Crippen molar-refractivity contribution in [1.82, 2.24) is 4.90 Å². The lowest BCUT2D eigenvalue weighted by atomic mass is 9.75. The maximum Gasteiger partial charge on any atom is 0.490 e. The number of ether oxygens (including phenoxy) is 2. The Morgan fingerprint density at radius 1 is 1.23 bits per heavy atom. The van der Waals surface area contributed by atoms with E-state index < -0.39 is 12.1 Å². The molecule has 0 aromatic heterocycles. The third kappa shape index (κ3) is 4.89. The molecule has 2 atom stereocenters. The lowest BCUT2D eigenvalue weighted by molar-refractivity contribution is -0.192. The number of nitrogens with zero attached hydrogens (tertiary/aromatic N) is 1. The second-order valence-corrected chi connectivity index (χ2v) is 8.08. The summed E-state index contributed by atoms with van der Waals surface area (Å²) in [6.45, 7) is 5.37. The van der Waals surface area contributed by atoms with E-state index in [1.165, 1.54) is 58.0 Å². The van der Waals surface area contributed by atoms with Crippen LogP contribution in [-0.4, -0.2) is 67.2 Å². The molecule has 0 spiro atoms. The summed E-state index contributed by atoms with van der Waals surface area (Å²) in [6, 6.07) is 0.877. The van der Waals surface area contributed by atoms with Crippen LogP contribution >= 0.6 is 0 Å². The standard InChI is InChI=1S/C16H27NO2.C2HF3O2/c1-2-14(3-1)17-8-6-15-16(11-17,7-9-19-15)12-18-10-13-4-5-13;3-2(4,5)1(6)7/h13-15H,1-12H2;(H,6,7)/t15-,16+;/m1./s1. The average Bonchev–Trinajstić information content (AvgIpc) is 3.23. The van der Waals surface area contributed by atoms with E-state index in [2.05, 4.69) is 4.90 Å². The van der Waals surface area contributed by atoms with Crippen LogP contribution in [0.15, 0.2) is 0 Å². The highest BCUT2D eigenvalue weighted by molar-refractivity contribution is 5.73. The van der Waals surface area contributed by atoms with Gasteiger partial charge < -0.3 is 14.6 Å². The van der Waals surface area contributed by atoms with E-state index in [1.807, 2.05) is 0 Å². The first-order valence-electron chi connectivity index (χ1n) is 9.54. The fourth-order valence-corrected chi connectivity index (χ4v) is 4.07. The molecule has 2 saturated heterocycles. The molecule has 5 nitrogen and oxygen atoms in total. The highest BCUT2D eigenvalue weighted by atomic mass is 19.4. The van der Waals surface area contributed by atoms with Gasteiger partial charge in [-0.3, -0.25) is 4.90 Å². The summed E-state index contributed by atoms with van der Waals surface area (Å²) in [5.74, 6) is -1.88. The van der Waals surface area contributed by atoms with Crippen molar-refractivity contribution in [1.29, 1.82) is 0 Å². The zero-order valence-corrected chi connectivity index (χ0v) is 15.0.